The molecular weight excluding hydrogens is 438 g/mol. The molecule has 0 unspecified atom stereocenters. The molecule has 3 heterocycles. The molecule has 158 valence electrons. The predicted octanol–water partition coefficient (Wildman–Crippen LogP) is 2.75. The van der Waals surface area contributed by atoms with E-state index in [2.05, 4.69) is 10.3 Å². The first-order valence-electron chi connectivity index (χ1n) is 9.25. The van der Waals surface area contributed by atoms with Gasteiger partial charge in [-0.15, -0.1) is 0 Å². The molecule has 1 atom stereocenters. The summed E-state index contributed by atoms with van der Waals surface area (Å²) in [5.74, 6) is -0.284. The third-order valence-corrected chi connectivity index (χ3v) is 7.66. The van der Waals surface area contributed by atoms with E-state index in [1.807, 2.05) is 0 Å². The van der Waals surface area contributed by atoms with Crippen molar-refractivity contribution in [2.75, 3.05) is 24.3 Å². The fraction of sp³-hybridized carbons (Fsp3) is 0.500. The van der Waals surface area contributed by atoms with Gasteiger partial charge in [0, 0.05) is 25.5 Å². The lowest BCUT2D eigenvalue weighted by Gasteiger charge is -2.27. The number of rotatable bonds is 7. The number of thiazole rings is 1. The number of halogens is 1. The number of carbonyl (C=O) groups is 1. The van der Waals surface area contributed by atoms with Crippen molar-refractivity contribution in [3.63, 3.8) is 0 Å². The maximum absolute atomic E-state index is 13.0. The van der Waals surface area contributed by atoms with Gasteiger partial charge in [-0.25, -0.2) is 13.4 Å². The number of pyridine rings is 1. The summed E-state index contributed by atoms with van der Waals surface area (Å²) in [6.07, 6.45) is 4.84. The van der Waals surface area contributed by atoms with Gasteiger partial charge >= 0.3 is 0 Å². The average molecular weight is 460 g/mol. The number of sulfone groups is 1. The number of hydrogen-bond acceptors (Lipinski definition) is 7. The zero-order chi connectivity index (χ0) is 21.0. The van der Waals surface area contributed by atoms with Crippen LogP contribution in [0.25, 0.3) is 0 Å². The number of nitrogens with zero attached hydrogens (tertiary/aromatic N) is 2. The van der Waals surface area contributed by atoms with Crippen molar-refractivity contribution < 1.29 is 17.9 Å². The number of aromatic nitrogens is 2. The normalized spacial score (nSPS) is 16.5. The SMILES string of the molecule is CCS(=O)(=O)c1ccn([C@H](CC2CCOCC2)C(=O)Nc2ncc(Cl)s2)c(=O)c1. The van der Waals surface area contributed by atoms with Crippen LogP contribution in [0.4, 0.5) is 5.13 Å². The highest BCUT2D eigenvalue weighted by atomic mass is 35.5. The van der Waals surface area contributed by atoms with Crippen LogP contribution >= 0.6 is 22.9 Å². The molecule has 0 saturated carbocycles. The number of ether oxygens (including phenoxy) is 1. The Kier molecular flexibility index (Phi) is 7.10. The molecule has 0 aromatic carbocycles. The molecule has 1 aliphatic heterocycles. The van der Waals surface area contributed by atoms with Gasteiger partial charge in [-0.3, -0.25) is 9.59 Å². The van der Waals surface area contributed by atoms with Crippen LogP contribution in [-0.4, -0.2) is 42.8 Å². The topological polar surface area (TPSA) is 107 Å². The van der Waals surface area contributed by atoms with E-state index in [0.717, 1.165) is 30.2 Å². The Balaban J connectivity index is 1.91. The van der Waals surface area contributed by atoms with Gasteiger partial charge in [0.25, 0.3) is 5.56 Å². The molecule has 11 heteroatoms. The number of nitrogens with one attached hydrogen (secondary N) is 1. The Morgan fingerprint density at radius 3 is 2.76 bits per heavy atom. The lowest BCUT2D eigenvalue weighted by molar-refractivity contribution is -0.120. The smallest absolute Gasteiger partial charge is 0.252 e. The van der Waals surface area contributed by atoms with E-state index in [9.17, 15) is 18.0 Å². The van der Waals surface area contributed by atoms with Gasteiger partial charge < -0.3 is 14.6 Å². The first kappa shape index (κ1) is 21.9. The van der Waals surface area contributed by atoms with E-state index in [1.54, 1.807) is 0 Å². The van der Waals surface area contributed by atoms with Crippen molar-refractivity contribution in [1.82, 2.24) is 9.55 Å². The van der Waals surface area contributed by atoms with E-state index in [1.165, 1.54) is 30.0 Å². The molecule has 2 aromatic heterocycles. The van der Waals surface area contributed by atoms with Crippen LogP contribution in [0.2, 0.25) is 4.34 Å². The van der Waals surface area contributed by atoms with E-state index >= 15 is 0 Å². The highest BCUT2D eigenvalue weighted by molar-refractivity contribution is 7.91. The molecule has 8 nitrogen and oxygen atoms in total. The zero-order valence-corrected chi connectivity index (χ0v) is 18.2. The summed E-state index contributed by atoms with van der Waals surface area (Å²) < 4.78 is 31.2. The molecule has 1 fully saturated rings. The molecule has 0 bridgehead atoms. The number of hydrogen-bond donors (Lipinski definition) is 1. The third kappa shape index (κ3) is 5.44. The first-order chi connectivity index (χ1) is 13.8. The number of carbonyl (C=O) groups excluding carboxylic acids is 1. The second kappa shape index (κ2) is 9.38. The third-order valence-electron chi connectivity index (χ3n) is 4.90. The van der Waals surface area contributed by atoms with Gasteiger partial charge in [-0.1, -0.05) is 29.9 Å². The number of anilines is 1. The predicted molar refractivity (Wildman–Crippen MR) is 111 cm³/mol. The number of amides is 1. The van der Waals surface area contributed by atoms with Crippen LogP contribution in [-0.2, 0) is 19.4 Å². The second-order valence-electron chi connectivity index (χ2n) is 6.78. The monoisotopic (exact) mass is 459 g/mol. The molecule has 1 N–H and O–H groups in total. The van der Waals surface area contributed by atoms with Crippen LogP contribution in [0, 0.1) is 5.92 Å². The Morgan fingerprint density at radius 2 is 2.17 bits per heavy atom. The summed E-state index contributed by atoms with van der Waals surface area (Å²) in [5.41, 5.74) is -0.538. The summed E-state index contributed by atoms with van der Waals surface area (Å²) in [4.78, 5) is 29.7. The molecule has 0 aliphatic carbocycles. The van der Waals surface area contributed by atoms with Crippen molar-refractivity contribution in [1.29, 1.82) is 0 Å². The van der Waals surface area contributed by atoms with Gasteiger partial charge in [-0.05, 0) is 31.2 Å². The van der Waals surface area contributed by atoms with E-state index in [4.69, 9.17) is 16.3 Å². The summed E-state index contributed by atoms with van der Waals surface area (Å²) >= 11 is 7.00. The lowest BCUT2D eigenvalue weighted by atomic mass is 9.92. The van der Waals surface area contributed by atoms with Crippen LogP contribution in [0.1, 0.15) is 32.2 Å². The van der Waals surface area contributed by atoms with Gasteiger partial charge in [0.15, 0.2) is 15.0 Å². The van der Waals surface area contributed by atoms with Gasteiger partial charge in [0.2, 0.25) is 5.91 Å². The summed E-state index contributed by atoms with van der Waals surface area (Å²) in [5, 5.41) is 3.05. The van der Waals surface area contributed by atoms with Crippen LogP contribution < -0.4 is 10.9 Å². The van der Waals surface area contributed by atoms with Crippen molar-refractivity contribution in [2.24, 2.45) is 5.92 Å². The fourth-order valence-corrected chi connectivity index (χ4v) is 4.93. The summed E-state index contributed by atoms with van der Waals surface area (Å²) in [7, 11) is -3.51. The molecule has 1 saturated heterocycles. The van der Waals surface area contributed by atoms with E-state index in [0.29, 0.717) is 29.1 Å². The molecule has 1 aliphatic rings. The molecule has 2 aromatic rings. The molecule has 29 heavy (non-hydrogen) atoms. The molecule has 1 amide bonds. The summed E-state index contributed by atoms with van der Waals surface area (Å²) in [6, 6.07) is 1.64. The van der Waals surface area contributed by atoms with Crippen molar-refractivity contribution in [2.45, 2.75) is 37.1 Å². The Morgan fingerprint density at radius 1 is 1.45 bits per heavy atom. The molecule has 0 spiro atoms. The largest absolute Gasteiger partial charge is 0.381 e. The zero-order valence-electron chi connectivity index (χ0n) is 15.8. The van der Waals surface area contributed by atoms with Gasteiger partial charge in [0.1, 0.15) is 10.4 Å². The lowest BCUT2D eigenvalue weighted by Crippen LogP contribution is -2.35. The standard InChI is InChI=1S/C18H22ClN3O5S2/c1-2-29(25,26)13-3-6-22(16(23)10-13)14(9-12-4-7-27-8-5-12)17(24)21-18-20-11-15(19)28-18/h3,6,10-12,14H,2,4-5,7-9H2,1H3,(H,20,21,24)/t14-/m1/s1. The molecular formula is C18H22ClN3O5S2. The van der Waals surface area contributed by atoms with Crippen molar-refractivity contribution >= 4 is 43.8 Å². The Hall–Kier alpha value is -1.75. The average Bonchev–Trinajstić information content (AvgIpc) is 3.11. The minimum Gasteiger partial charge on any atom is -0.381 e. The second-order valence-corrected chi connectivity index (χ2v) is 10.7. The van der Waals surface area contributed by atoms with E-state index < -0.39 is 27.3 Å². The summed E-state index contributed by atoms with van der Waals surface area (Å²) in [6.45, 7) is 2.74. The highest BCUT2D eigenvalue weighted by Gasteiger charge is 2.28. The van der Waals surface area contributed by atoms with Gasteiger partial charge in [-0.2, -0.15) is 0 Å². The van der Waals surface area contributed by atoms with E-state index in [-0.39, 0.29) is 16.6 Å². The van der Waals surface area contributed by atoms with Gasteiger partial charge in [0.05, 0.1) is 16.8 Å². The maximum atomic E-state index is 13.0. The maximum Gasteiger partial charge on any atom is 0.252 e. The minimum atomic E-state index is -3.51. The first-order valence-corrected chi connectivity index (χ1v) is 12.1. The Labute approximate surface area is 177 Å². The molecule has 3 rings (SSSR count). The Bertz CT molecular complexity index is 1030. The minimum absolute atomic E-state index is 0.0434. The molecule has 0 radical (unpaired) electrons. The van der Waals surface area contributed by atoms with Crippen LogP contribution in [0.3, 0.4) is 0 Å². The van der Waals surface area contributed by atoms with Crippen molar-refractivity contribution in [3.05, 3.63) is 39.2 Å². The van der Waals surface area contributed by atoms with Crippen LogP contribution in [0.15, 0.2) is 34.2 Å². The fourth-order valence-electron chi connectivity index (χ4n) is 3.23. The van der Waals surface area contributed by atoms with Crippen molar-refractivity contribution in [3.8, 4) is 0 Å². The van der Waals surface area contributed by atoms with Crippen LogP contribution in [0.5, 0.6) is 0 Å². The quantitative estimate of drug-likeness (QED) is 0.682. The highest BCUT2D eigenvalue weighted by Crippen LogP contribution is 2.28.